The van der Waals surface area contributed by atoms with Gasteiger partial charge in [0, 0.05) is 0 Å². The molecule has 2 amide bonds. The number of benzene rings is 1. The molecule has 1 atom stereocenters. The summed E-state index contributed by atoms with van der Waals surface area (Å²) in [6, 6.07) is 6.81. The molecule has 0 bridgehead atoms. The molecule has 1 unspecified atom stereocenters. The highest BCUT2D eigenvalue weighted by molar-refractivity contribution is 6.21. The smallest absolute Gasteiger partial charge is 0.308 e. The number of hydrogen-bond acceptors (Lipinski definition) is 11. The second kappa shape index (κ2) is 24.8. The number of carbonyl (C=O) groups excluding carboxylic acids is 3. The summed E-state index contributed by atoms with van der Waals surface area (Å²) in [5.74, 6) is -0.696. The van der Waals surface area contributed by atoms with Gasteiger partial charge in [-0.1, -0.05) is 38.8 Å². The SMILES string of the molecule is CCCCC(CC)C(=O)OCCOCCOCCOCCOCCOCCOCCOCCN1C(=O)c2ccccc2C1=O. The zero-order chi connectivity index (χ0) is 31.7. The van der Waals surface area contributed by atoms with Crippen LogP contribution < -0.4 is 0 Å². The van der Waals surface area contributed by atoms with Crippen molar-refractivity contribution in [3.63, 3.8) is 0 Å². The van der Waals surface area contributed by atoms with Crippen molar-refractivity contribution >= 4 is 17.8 Å². The Labute approximate surface area is 261 Å². The minimum Gasteiger partial charge on any atom is -0.463 e. The molecule has 12 heteroatoms. The van der Waals surface area contributed by atoms with Crippen LogP contribution in [0.5, 0.6) is 0 Å². The first-order valence-corrected chi connectivity index (χ1v) is 15.8. The molecule has 0 spiro atoms. The van der Waals surface area contributed by atoms with Crippen molar-refractivity contribution in [2.75, 3.05) is 106 Å². The molecule has 250 valence electrons. The molecule has 12 nitrogen and oxygen atoms in total. The molecular formula is C32H51NO11. The van der Waals surface area contributed by atoms with Gasteiger partial charge in [-0.25, -0.2) is 0 Å². The fourth-order valence-corrected chi connectivity index (χ4v) is 4.28. The Balaban J connectivity index is 1.24. The molecule has 0 saturated carbocycles. The van der Waals surface area contributed by atoms with Crippen molar-refractivity contribution in [1.82, 2.24) is 4.90 Å². The van der Waals surface area contributed by atoms with Gasteiger partial charge in [0.05, 0.1) is 116 Å². The normalized spacial score (nSPS) is 13.5. The van der Waals surface area contributed by atoms with Crippen LogP contribution in [0.3, 0.4) is 0 Å². The van der Waals surface area contributed by atoms with E-state index >= 15 is 0 Å². The van der Waals surface area contributed by atoms with Gasteiger partial charge in [-0.05, 0) is 25.0 Å². The molecule has 0 aliphatic carbocycles. The van der Waals surface area contributed by atoms with E-state index in [0.29, 0.717) is 97.0 Å². The number of imide groups is 1. The Hall–Kier alpha value is -2.45. The first-order chi connectivity index (χ1) is 21.6. The summed E-state index contributed by atoms with van der Waals surface area (Å²) in [6.07, 6.45) is 3.81. The fraction of sp³-hybridized carbons (Fsp3) is 0.719. The standard InChI is InChI=1S/C32H51NO11/c1-3-5-8-27(4-2)32(36)44-26-25-43-24-23-42-22-21-41-20-19-40-18-17-39-16-15-38-14-13-37-12-11-33-30(34)28-9-6-7-10-29(28)31(33)35/h6-7,9-10,27H,3-5,8,11-26H2,1-2H3. The van der Waals surface area contributed by atoms with Gasteiger partial charge >= 0.3 is 5.97 Å². The molecule has 0 N–H and O–H groups in total. The summed E-state index contributed by atoms with van der Waals surface area (Å²) in [4.78, 5) is 37.8. The van der Waals surface area contributed by atoms with Crippen LogP contribution >= 0.6 is 0 Å². The molecule has 0 aromatic heterocycles. The molecule has 2 rings (SSSR count). The van der Waals surface area contributed by atoms with Crippen LogP contribution in [0.1, 0.15) is 60.2 Å². The van der Waals surface area contributed by atoms with Crippen molar-refractivity contribution in [2.24, 2.45) is 5.92 Å². The molecule has 1 heterocycles. The maximum absolute atomic E-state index is 12.3. The predicted octanol–water partition coefficient (Wildman–Crippen LogP) is 3.16. The maximum atomic E-state index is 12.3. The van der Waals surface area contributed by atoms with Crippen molar-refractivity contribution in [1.29, 1.82) is 0 Å². The third kappa shape index (κ3) is 15.5. The highest BCUT2D eigenvalue weighted by Crippen LogP contribution is 2.21. The maximum Gasteiger partial charge on any atom is 0.308 e. The number of fused-ring (bicyclic) bond motifs is 1. The van der Waals surface area contributed by atoms with Crippen LogP contribution in [-0.4, -0.2) is 128 Å². The monoisotopic (exact) mass is 625 g/mol. The highest BCUT2D eigenvalue weighted by Gasteiger charge is 2.34. The van der Waals surface area contributed by atoms with Crippen LogP contribution in [0.15, 0.2) is 24.3 Å². The van der Waals surface area contributed by atoms with Crippen LogP contribution in [-0.2, 0) is 42.7 Å². The zero-order valence-electron chi connectivity index (χ0n) is 26.5. The van der Waals surface area contributed by atoms with Crippen LogP contribution in [0.25, 0.3) is 0 Å². The first kappa shape index (κ1) is 37.7. The van der Waals surface area contributed by atoms with E-state index in [9.17, 15) is 14.4 Å². The lowest BCUT2D eigenvalue weighted by atomic mass is 10.00. The van der Waals surface area contributed by atoms with Crippen LogP contribution in [0, 0.1) is 5.92 Å². The van der Waals surface area contributed by atoms with E-state index in [0.717, 1.165) is 25.7 Å². The number of amides is 2. The van der Waals surface area contributed by atoms with Crippen molar-refractivity contribution in [3.8, 4) is 0 Å². The molecular weight excluding hydrogens is 574 g/mol. The van der Waals surface area contributed by atoms with Gasteiger partial charge in [0.2, 0.25) is 0 Å². The number of hydrogen-bond donors (Lipinski definition) is 0. The Kier molecular flexibility index (Phi) is 21.3. The predicted molar refractivity (Wildman–Crippen MR) is 162 cm³/mol. The number of esters is 1. The Morgan fingerprint density at radius 1 is 0.614 bits per heavy atom. The lowest BCUT2D eigenvalue weighted by Gasteiger charge is -2.13. The minimum absolute atomic E-state index is 0.0105. The van der Waals surface area contributed by atoms with E-state index in [4.69, 9.17) is 37.9 Å². The molecule has 0 fully saturated rings. The van der Waals surface area contributed by atoms with Crippen LogP contribution in [0.2, 0.25) is 0 Å². The van der Waals surface area contributed by atoms with Crippen molar-refractivity contribution < 1.29 is 52.3 Å². The third-order valence-corrected chi connectivity index (χ3v) is 6.77. The van der Waals surface area contributed by atoms with E-state index in [-0.39, 0.29) is 43.5 Å². The summed E-state index contributed by atoms with van der Waals surface area (Å²) < 4.78 is 43.5. The van der Waals surface area contributed by atoms with E-state index in [1.54, 1.807) is 24.3 Å². The minimum atomic E-state index is -0.279. The van der Waals surface area contributed by atoms with Crippen molar-refractivity contribution in [2.45, 2.75) is 39.5 Å². The summed E-state index contributed by atoms with van der Waals surface area (Å²) in [6.45, 7) is 10.6. The number of nitrogens with zero attached hydrogens (tertiary/aromatic N) is 1. The number of ether oxygens (including phenoxy) is 8. The second-order valence-corrected chi connectivity index (χ2v) is 10.0. The van der Waals surface area contributed by atoms with Gasteiger partial charge in [0.1, 0.15) is 6.61 Å². The topological polar surface area (TPSA) is 128 Å². The van der Waals surface area contributed by atoms with E-state index < -0.39 is 0 Å². The van der Waals surface area contributed by atoms with E-state index in [1.165, 1.54) is 4.90 Å². The summed E-state index contributed by atoms with van der Waals surface area (Å²) >= 11 is 0. The van der Waals surface area contributed by atoms with Gasteiger partial charge < -0.3 is 37.9 Å². The largest absolute Gasteiger partial charge is 0.463 e. The summed E-state index contributed by atoms with van der Waals surface area (Å²) in [7, 11) is 0. The lowest BCUT2D eigenvalue weighted by molar-refractivity contribution is -0.150. The molecule has 0 saturated heterocycles. The molecule has 1 aromatic rings. The van der Waals surface area contributed by atoms with Gasteiger partial charge in [0.15, 0.2) is 0 Å². The fourth-order valence-electron chi connectivity index (χ4n) is 4.28. The van der Waals surface area contributed by atoms with Gasteiger partial charge in [-0.15, -0.1) is 0 Å². The average molecular weight is 626 g/mol. The van der Waals surface area contributed by atoms with Crippen LogP contribution in [0.4, 0.5) is 0 Å². The molecule has 1 aromatic carbocycles. The lowest BCUT2D eigenvalue weighted by Crippen LogP contribution is -2.33. The highest BCUT2D eigenvalue weighted by atomic mass is 16.6. The summed E-state index contributed by atoms with van der Waals surface area (Å²) in [5, 5.41) is 0. The van der Waals surface area contributed by atoms with Gasteiger partial charge in [-0.2, -0.15) is 0 Å². The molecule has 1 aliphatic rings. The zero-order valence-corrected chi connectivity index (χ0v) is 26.5. The van der Waals surface area contributed by atoms with E-state index in [2.05, 4.69) is 6.92 Å². The second-order valence-electron chi connectivity index (χ2n) is 10.0. The Bertz CT molecular complexity index is 894. The number of carbonyl (C=O) groups is 3. The number of rotatable bonds is 29. The molecule has 1 aliphatic heterocycles. The average Bonchev–Trinajstić information content (AvgIpc) is 3.28. The van der Waals surface area contributed by atoms with Gasteiger partial charge in [-0.3, -0.25) is 19.3 Å². The Morgan fingerprint density at radius 3 is 1.39 bits per heavy atom. The quantitative estimate of drug-likeness (QED) is 0.0740. The molecule has 44 heavy (non-hydrogen) atoms. The first-order valence-electron chi connectivity index (χ1n) is 15.8. The van der Waals surface area contributed by atoms with Crippen molar-refractivity contribution in [3.05, 3.63) is 35.4 Å². The van der Waals surface area contributed by atoms with E-state index in [1.807, 2.05) is 6.92 Å². The summed E-state index contributed by atoms with van der Waals surface area (Å²) in [5.41, 5.74) is 0.882. The molecule has 0 radical (unpaired) electrons. The third-order valence-electron chi connectivity index (χ3n) is 6.77. The Morgan fingerprint density at radius 2 is 1.00 bits per heavy atom. The number of unbranched alkanes of at least 4 members (excludes halogenated alkanes) is 1. The van der Waals surface area contributed by atoms with Gasteiger partial charge in [0.25, 0.3) is 11.8 Å².